The van der Waals surface area contributed by atoms with E-state index in [1.807, 2.05) is 0 Å². The van der Waals surface area contributed by atoms with Crippen LogP contribution in [0, 0.1) is 0 Å². The summed E-state index contributed by atoms with van der Waals surface area (Å²) in [6, 6.07) is -1.08. The van der Waals surface area contributed by atoms with Crippen molar-refractivity contribution in [1.29, 1.82) is 0 Å². The molecule has 1 aliphatic heterocycles. The monoisotopic (exact) mass is 293 g/mol. The number of β-amino-alcohol motifs (C(OH)–C–C–N with tert-alkyl or cyclic N) is 1. The summed E-state index contributed by atoms with van der Waals surface area (Å²) in [5, 5.41) is 55.5. The van der Waals surface area contributed by atoms with E-state index in [4.69, 9.17) is 15.3 Å². The summed E-state index contributed by atoms with van der Waals surface area (Å²) in [6.07, 6.45) is -6.78. The third-order valence-electron chi connectivity index (χ3n) is 3.32. The zero-order valence-electron chi connectivity index (χ0n) is 10.7. The molecule has 9 nitrogen and oxygen atoms in total. The number of amides is 1. The summed E-state index contributed by atoms with van der Waals surface area (Å²) in [6.45, 7) is -1.29. The van der Waals surface area contributed by atoms with Crippen molar-refractivity contribution >= 4 is 11.9 Å². The van der Waals surface area contributed by atoms with Crippen LogP contribution in [-0.4, -0.2) is 91.0 Å². The molecular weight excluding hydrogens is 274 g/mol. The van der Waals surface area contributed by atoms with Gasteiger partial charge in [0.1, 0.15) is 30.5 Å². The van der Waals surface area contributed by atoms with Crippen molar-refractivity contribution in [3.05, 3.63) is 0 Å². The predicted molar refractivity (Wildman–Crippen MR) is 63.5 cm³/mol. The third-order valence-corrected chi connectivity index (χ3v) is 3.32. The fourth-order valence-electron chi connectivity index (χ4n) is 2.09. The number of hydrogen-bond donors (Lipinski definition) is 6. The largest absolute Gasteiger partial charge is 0.480 e. The standard InChI is InChI=1S/C11H19NO8/c13-4-7(15)10(18)9(17)6(14)3-12-5(11(19)20)1-2-8(12)16/h5-7,9-10,13-15,17-18H,1-4H2,(H,19,20)/t5-,6+,7+,9+,10+/m0/s1. The molecule has 20 heavy (non-hydrogen) atoms. The second-order valence-electron chi connectivity index (χ2n) is 4.74. The van der Waals surface area contributed by atoms with Gasteiger partial charge in [-0.3, -0.25) is 4.79 Å². The Morgan fingerprint density at radius 2 is 1.75 bits per heavy atom. The molecule has 1 amide bonds. The van der Waals surface area contributed by atoms with Crippen LogP contribution in [0.4, 0.5) is 0 Å². The van der Waals surface area contributed by atoms with Crippen LogP contribution in [0.2, 0.25) is 0 Å². The van der Waals surface area contributed by atoms with E-state index in [0.717, 1.165) is 4.90 Å². The summed E-state index contributed by atoms with van der Waals surface area (Å²) in [4.78, 5) is 23.4. The van der Waals surface area contributed by atoms with Gasteiger partial charge in [-0.25, -0.2) is 4.79 Å². The molecule has 1 heterocycles. The third kappa shape index (κ3) is 3.64. The van der Waals surface area contributed by atoms with E-state index in [-0.39, 0.29) is 12.8 Å². The molecule has 9 heteroatoms. The van der Waals surface area contributed by atoms with Gasteiger partial charge in [0, 0.05) is 6.42 Å². The molecule has 1 rings (SSSR count). The number of rotatable bonds is 7. The van der Waals surface area contributed by atoms with Crippen LogP contribution in [-0.2, 0) is 9.59 Å². The minimum Gasteiger partial charge on any atom is -0.480 e. The molecule has 0 saturated carbocycles. The number of carboxylic acids is 1. The lowest BCUT2D eigenvalue weighted by Gasteiger charge is -2.30. The fourth-order valence-corrected chi connectivity index (χ4v) is 2.09. The summed E-state index contributed by atoms with van der Waals surface area (Å²) in [5.74, 6) is -1.69. The van der Waals surface area contributed by atoms with E-state index < -0.39 is 55.5 Å². The molecule has 0 aromatic rings. The topological polar surface area (TPSA) is 159 Å². The first-order valence-electron chi connectivity index (χ1n) is 6.15. The first-order valence-corrected chi connectivity index (χ1v) is 6.15. The van der Waals surface area contributed by atoms with Gasteiger partial charge in [-0.2, -0.15) is 0 Å². The van der Waals surface area contributed by atoms with Crippen LogP contribution in [0.5, 0.6) is 0 Å². The fraction of sp³-hybridized carbons (Fsp3) is 0.818. The Bertz CT molecular complexity index is 362. The summed E-state index contributed by atoms with van der Waals surface area (Å²) in [5.41, 5.74) is 0. The smallest absolute Gasteiger partial charge is 0.326 e. The van der Waals surface area contributed by atoms with E-state index in [1.165, 1.54) is 0 Å². The molecule has 0 spiro atoms. The zero-order chi connectivity index (χ0) is 15.4. The number of carbonyl (C=O) groups is 2. The molecule has 0 aromatic heterocycles. The molecule has 0 bridgehead atoms. The number of nitrogens with zero attached hydrogens (tertiary/aromatic N) is 1. The molecule has 6 N–H and O–H groups in total. The zero-order valence-corrected chi connectivity index (χ0v) is 10.7. The molecule has 116 valence electrons. The van der Waals surface area contributed by atoms with Gasteiger partial charge < -0.3 is 35.5 Å². The highest BCUT2D eigenvalue weighted by Gasteiger charge is 2.39. The van der Waals surface area contributed by atoms with Gasteiger partial charge in [0.15, 0.2) is 0 Å². The number of aliphatic hydroxyl groups is 5. The van der Waals surface area contributed by atoms with Gasteiger partial charge in [-0.05, 0) is 6.42 Å². The maximum absolute atomic E-state index is 11.5. The Labute approximate surface area is 114 Å². The van der Waals surface area contributed by atoms with E-state index in [2.05, 4.69) is 0 Å². The Balaban J connectivity index is 2.66. The lowest BCUT2D eigenvalue weighted by atomic mass is 10.0. The highest BCUT2D eigenvalue weighted by atomic mass is 16.4. The van der Waals surface area contributed by atoms with Gasteiger partial charge in [0.2, 0.25) is 5.91 Å². The van der Waals surface area contributed by atoms with Crippen molar-refractivity contribution in [2.24, 2.45) is 0 Å². The maximum atomic E-state index is 11.5. The summed E-state index contributed by atoms with van der Waals surface area (Å²) >= 11 is 0. The van der Waals surface area contributed by atoms with Crippen LogP contribution in [0.15, 0.2) is 0 Å². The molecular formula is C11H19NO8. The van der Waals surface area contributed by atoms with Gasteiger partial charge in [0.25, 0.3) is 0 Å². The number of aliphatic carboxylic acids is 1. The molecule has 1 saturated heterocycles. The first-order chi connectivity index (χ1) is 9.29. The quantitative estimate of drug-likeness (QED) is 0.282. The van der Waals surface area contributed by atoms with E-state index in [1.54, 1.807) is 0 Å². The highest BCUT2D eigenvalue weighted by molar-refractivity contribution is 5.87. The number of hydrogen-bond acceptors (Lipinski definition) is 7. The average Bonchev–Trinajstić information content (AvgIpc) is 2.77. The molecule has 0 unspecified atom stereocenters. The average molecular weight is 293 g/mol. The molecule has 5 atom stereocenters. The van der Waals surface area contributed by atoms with Gasteiger partial charge in [0.05, 0.1) is 13.2 Å². The molecule has 1 aliphatic rings. The lowest BCUT2D eigenvalue weighted by molar-refractivity contribution is -0.150. The van der Waals surface area contributed by atoms with E-state index >= 15 is 0 Å². The number of carboxylic acid groups (broad SMARTS) is 1. The summed E-state index contributed by atoms with van der Waals surface area (Å²) in [7, 11) is 0. The number of likely N-dealkylation sites (tertiary alicyclic amines) is 1. The minimum absolute atomic E-state index is 0.0294. The summed E-state index contributed by atoms with van der Waals surface area (Å²) < 4.78 is 0. The van der Waals surface area contributed by atoms with Gasteiger partial charge in [-0.1, -0.05) is 0 Å². The van der Waals surface area contributed by atoms with E-state index in [0.29, 0.717) is 0 Å². The van der Waals surface area contributed by atoms with Crippen molar-refractivity contribution in [3.63, 3.8) is 0 Å². The lowest BCUT2D eigenvalue weighted by Crippen LogP contribution is -2.52. The Kier molecular flexibility index (Phi) is 5.84. The van der Waals surface area contributed by atoms with Crippen LogP contribution in [0.3, 0.4) is 0 Å². The van der Waals surface area contributed by atoms with Crippen molar-refractivity contribution < 1.29 is 40.2 Å². The highest BCUT2D eigenvalue weighted by Crippen LogP contribution is 2.20. The van der Waals surface area contributed by atoms with Crippen molar-refractivity contribution in [3.8, 4) is 0 Å². The van der Waals surface area contributed by atoms with Crippen molar-refractivity contribution in [2.45, 2.75) is 43.3 Å². The SMILES string of the molecule is O=C(O)[C@@H]1CCC(=O)N1C[C@@H](O)[C@@H](O)[C@H](O)[C@H](O)CO. The normalized spacial score (nSPS) is 25.4. The molecule has 0 aromatic carbocycles. The van der Waals surface area contributed by atoms with Crippen LogP contribution in [0.1, 0.15) is 12.8 Å². The first kappa shape index (κ1) is 16.8. The van der Waals surface area contributed by atoms with Gasteiger partial charge >= 0.3 is 5.97 Å². The van der Waals surface area contributed by atoms with Crippen LogP contribution in [0.25, 0.3) is 0 Å². The van der Waals surface area contributed by atoms with Crippen LogP contribution < -0.4 is 0 Å². The van der Waals surface area contributed by atoms with Gasteiger partial charge in [-0.15, -0.1) is 0 Å². The molecule has 0 aliphatic carbocycles. The second kappa shape index (κ2) is 6.95. The molecule has 1 fully saturated rings. The number of aliphatic hydroxyl groups excluding tert-OH is 5. The van der Waals surface area contributed by atoms with Crippen molar-refractivity contribution in [1.82, 2.24) is 4.90 Å². The predicted octanol–water partition coefficient (Wildman–Crippen LogP) is -3.50. The van der Waals surface area contributed by atoms with E-state index in [9.17, 15) is 24.9 Å². The molecule has 0 radical (unpaired) electrons. The van der Waals surface area contributed by atoms with Crippen LogP contribution >= 0.6 is 0 Å². The van der Waals surface area contributed by atoms with Crippen molar-refractivity contribution in [2.75, 3.05) is 13.2 Å². The Hall–Kier alpha value is -1.26. The Morgan fingerprint density at radius 3 is 2.25 bits per heavy atom. The number of carbonyl (C=O) groups excluding carboxylic acids is 1. The second-order valence-corrected chi connectivity index (χ2v) is 4.74. The minimum atomic E-state index is -1.82. The maximum Gasteiger partial charge on any atom is 0.326 e. The Morgan fingerprint density at radius 1 is 1.20 bits per heavy atom.